The van der Waals surface area contributed by atoms with Gasteiger partial charge < -0.3 is 9.84 Å². The van der Waals surface area contributed by atoms with Crippen molar-refractivity contribution in [2.75, 3.05) is 19.7 Å². The number of aromatic nitrogens is 2. The Balaban J connectivity index is 1.48. The van der Waals surface area contributed by atoms with Gasteiger partial charge in [0.05, 0.1) is 35.2 Å². The number of fused-ring (bicyclic) bond motifs is 1. The number of carbonyl (C=O) groups is 1. The van der Waals surface area contributed by atoms with Gasteiger partial charge in [0.25, 0.3) is 0 Å². The number of aliphatic carboxylic acids is 1. The van der Waals surface area contributed by atoms with E-state index in [2.05, 4.69) is 12.1 Å². The highest BCUT2D eigenvalue weighted by molar-refractivity contribution is 7.89. The van der Waals surface area contributed by atoms with Crippen LogP contribution in [-0.4, -0.2) is 53.3 Å². The monoisotopic (exact) mass is 525 g/mol. The van der Waals surface area contributed by atoms with Crippen LogP contribution in [0.15, 0.2) is 47.4 Å². The molecule has 0 amide bonds. The molecule has 1 aliphatic heterocycles. The third kappa shape index (κ3) is 5.11. The van der Waals surface area contributed by atoms with E-state index in [-0.39, 0.29) is 29.8 Å². The molecule has 1 aromatic heterocycles. The van der Waals surface area contributed by atoms with Crippen LogP contribution in [0.25, 0.3) is 10.9 Å². The van der Waals surface area contributed by atoms with Crippen LogP contribution in [0.1, 0.15) is 69.2 Å². The van der Waals surface area contributed by atoms with E-state index in [1.54, 1.807) is 24.3 Å². The molecule has 0 bridgehead atoms. The first kappa shape index (κ1) is 25.7. The van der Waals surface area contributed by atoms with Crippen LogP contribution in [0.5, 0.6) is 5.75 Å². The van der Waals surface area contributed by atoms with Crippen LogP contribution >= 0.6 is 0 Å². The summed E-state index contributed by atoms with van der Waals surface area (Å²) >= 11 is 0. The minimum Gasteiger partial charge on any atom is -0.494 e. The second kappa shape index (κ2) is 10.5. The van der Waals surface area contributed by atoms with Crippen molar-refractivity contribution in [2.24, 2.45) is 5.92 Å². The number of hydrogen-bond donors (Lipinski definition) is 1. The zero-order chi connectivity index (χ0) is 26.2. The number of carboxylic acid groups (broad SMARTS) is 1. The van der Waals surface area contributed by atoms with E-state index in [9.17, 15) is 18.3 Å². The molecule has 8 nitrogen and oxygen atoms in total. The average Bonchev–Trinajstić information content (AvgIpc) is 3.45. The SMILES string of the molecule is CCOc1ccc(S(=O)(=O)N2C[C@@H](C)[C@@H](n3nc(CC(=O)O)c4ccc(C5CCCCC5)cc43)C2)cc1. The Morgan fingerprint density at radius 3 is 2.49 bits per heavy atom. The molecule has 37 heavy (non-hydrogen) atoms. The fraction of sp³-hybridized carbons (Fsp3) is 0.500. The van der Waals surface area contributed by atoms with Crippen molar-refractivity contribution in [2.45, 2.75) is 69.2 Å². The Bertz CT molecular complexity index is 1380. The topological polar surface area (TPSA) is 102 Å². The number of ether oxygens (including phenoxy) is 1. The lowest BCUT2D eigenvalue weighted by Gasteiger charge is -2.22. The zero-order valence-corrected chi connectivity index (χ0v) is 22.3. The predicted octanol–water partition coefficient (Wildman–Crippen LogP) is 4.99. The maximum Gasteiger partial charge on any atom is 0.309 e. The summed E-state index contributed by atoms with van der Waals surface area (Å²) in [6, 6.07) is 12.6. The first-order chi connectivity index (χ1) is 17.8. The van der Waals surface area contributed by atoms with Crippen molar-refractivity contribution >= 4 is 26.9 Å². The van der Waals surface area contributed by atoms with Crippen molar-refractivity contribution in [3.05, 3.63) is 53.7 Å². The van der Waals surface area contributed by atoms with Gasteiger partial charge in [0.1, 0.15) is 5.75 Å². The van der Waals surface area contributed by atoms with E-state index in [1.165, 1.54) is 29.1 Å². The molecule has 2 fully saturated rings. The molecule has 3 aromatic rings. The highest BCUT2D eigenvalue weighted by atomic mass is 32.2. The number of sulfonamides is 1. The van der Waals surface area contributed by atoms with Gasteiger partial charge in [0.15, 0.2) is 0 Å². The zero-order valence-electron chi connectivity index (χ0n) is 21.5. The molecular weight excluding hydrogens is 490 g/mol. The molecule has 2 heterocycles. The van der Waals surface area contributed by atoms with E-state index >= 15 is 0 Å². The quantitative estimate of drug-likeness (QED) is 0.445. The largest absolute Gasteiger partial charge is 0.494 e. The third-order valence-electron chi connectivity index (χ3n) is 7.83. The Labute approximate surface area is 218 Å². The number of nitrogens with zero attached hydrogens (tertiary/aromatic N) is 3. The van der Waals surface area contributed by atoms with Gasteiger partial charge in [-0.3, -0.25) is 9.48 Å². The Kier molecular flexibility index (Phi) is 7.27. The third-order valence-corrected chi connectivity index (χ3v) is 9.67. The van der Waals surface area contributed by atoms with Gasteiger partial charge >= 0.3 is 5.97 Å². The molecule has 2 aromatic carbocycles. The van der Waals surface area contributed by atoms with Crippen LogP contribution in [0.4, 0.5) is 0 Å². The summed E-state index contributed by atoms with van der Waals surface area (Å²) in [5.74, 6) is 0.220. The van der Waals surface area contributed by atoms with E-state index in [1.807, 2.05) is 24.6 Å². The summed E-state index contributed by atoms with van der Waals surface area (Å²) in [6.07, 6.45) is 5.89. The highest BCUT2D eigenvalue weighted by Crippen LogP contribution is 2.38. The van der Waals surface area contributed by atoms with E-state index in [0.717, 1.165) is 23.7 Å². The molecule has 5 rings (SSSR count). The van der Waals surface area contributed by atoms with Crippen molar-refractivity contribution in [3.8, 4) is 5.75 Å². The van der Waals surface area contributed by atoms with Gasteiger partial charge in [-0.25, -0.2) is 8.42 Å². The highest BCUT2D eigenvalue weighted by Gasteiger charge is 2.39. The van der Waals surface area contributed by atoms with Crippen LogP contribution in [0.3, 0.4) is 0 Å². The van der Waals surface area contributed by atoms with E-state index < -0.39 is 16.0 Å². The van der Waals surface area contributed by atoms with E-state index in [4.69, 9.17) is 9.84 Å². The standard InChI is InChI=1S/C28H35N3O5S/c1-3-36-22-10-12-23(13-11-22)37(34,35)30-17-19(2)27(18-30)31-26-15-21(20-7-5-4-6-8-20)9-14-24(26)25(29-31)16-28(32)33/h9-15,19-20,27H,3-8,16-18H2,1-2H3,(H,32,33)/t19-,27+/m1/s1. The summed E-state index contributed by atoms with van der Waals surface area (Å²) in [5.41, 5.74) is 2.69. The predicted molar refractivity (Wildman–Crippen MR) is 141 cm³/mol. The van der Waals surface area contributed by atoms with Crippen LogP contribution in [0, 0.1) is 5.92 Å². The lowest BCUT2D eigenvalue weighted by molar-refractivity contribution is -0.136. The fourth-order valence-electron chi connectivity index (χ4n) is 5.88. The summed E-state index contributed by atoms with van der Waals surface area (Å²) in [7, 11) is -3.69. The molecule has 1 saturated heterocycles. The molecule has 0 radical (unpaired) electrons. The summed E-state index contributed by atoms with van der Waals surface area (Å²) in [5, 5.41) is 15.1. The van der Waals surface area contributed by atoms with E-state index in [0.29, 0.717) is 30.5 Å². The van der Waals surface area contributed by atoms with Crippen LogP contribution in [0.2, 0.25) is 0 Å². The maximum absolute atomic E-state index is 13.5. The number of benzene rings is 2. The minimum atomic E-state index is -3.69. The van der Waals surface area contributed by atoms with Crippen molar-refractivity contribution in [1.29, 1.82) is 0 Å². The summed E-state index contributed by atoms with van der Waals surface area (Å²) in [4.78, 5) is 11.8. The molecule has 1 N–H and O–H groups in total. The molecule has 9 heteroatoms. The second-order valence-electron chi connectivity index (χ2n) is 10.3. The Hall–Kier alpha value is -2.91. The molecular formula is C28H35N3O5S. The smallest absolute Gasteiger partial charge is 0.309 e. The maximum atomic E-state index is 13.5. The van der Waals surface area contributed by atoms with Crippen LogP contribution in [-0.2, 0) is 21.2 Å². The lowest BCUT2D eigenvalue weighted by atomic mass is 9.84. The van der Waals surface area contributed by atoms with Crippen molar-refractivity contribution in [3.63, 3.8) is 0 Å². The summed E-state index contributed by atoms with van der Waals surface area (Å²) < 4.78 is 35.8. The Morgan fingerprint density at radius 1 is 1.08 bits per heavy atom. The molecule has 0 spiro atoms. The number of carboxylic acids is 1. The van der Waals surface area contributed by atoms with Crippen LogP contribution < -0.4 is 4.74 Å². The molecule has 198 valence electrons. The lowest BCUT2D eigenvalue weighted by Crippen LogP contribution is -2.29. The van der Waals surface area contributed by atoms with Gasteiger partial charge in [-0.15, -0.1) is 0 Å². The van der Waals surface area contributed by atoms with Crippen molar-refractivity contribution < 1.29 is 23.1 Å². The normalized spacial score (nSPS) is 21.5. The summed E-state index contributed by atoms with van der Waals surface area (Å²) in [6.45, 7) is 5.09. The average molecular weight is 526 g/mol. The molecule has 1 saturated carbocycles. The first-order valence-corrected chi connectivity index (χ1v) is 14.7. The van der Waals surface area contributed by atoms with Gasteiger partial charge in [-0.2, -0.15) is 9.40 Å². The molecule has 1 aliphatic carbocycles. The number of hydrogen-bond acceptors (Lipinski definition) is 5. The molecule has 2 atom stereocenters. The van der Waals surface area contributed by atoms with Gasteiger partial charge in [0, 0.05) is 18.5 Å². The Morgan fingerprint density at radius 2 is 1.81 bits per heavy atom. The minimum absolute atomic E-state index is 0.0107. The second-order valence-corrected chi connectivity index (χ2v) is 12.3. The van der Waals surface area contributed by atoms with Crippen molar-refractivity contribution in [1.82, 2.24) is 14.1 Å². The van der Waals surface area contributed by atoms with Gasteiger partial charge in [0.2, 0.25) is 10.0 Å². The molecule has 2 aliphatic rings. The number of rotatable bonds is 8. The molecule has 0 unspecified atom stereocenters. The van der Waals surface area contributed by atoms with Gasteiger partial charge in [-0.05, 0) is 67.5 Å². The first-order valence-electron chi connectivity index (χ1n) is 13.2. The fourth-order valence-corrected chi connectivity index (χ4v) is 7.44. The van der Waals surface area contributed by atoms with Gasteiger partial charge in [-0.1, -0.05) is 38.3 Å².